The zero-order valence-electron chi connectivity index (χ0n) is 12.4. The first kappa shape index (κ1) is 14.0. The quantitative estimate of drug-likeness (QED) is 0.800. The standard InChI is InChI=1S/C19H21NO/c1-20-13-12-17(19(21)16-10-6-3-7-11-16)18(14-20)15-8-4-2-5-9-15/h2-11,17-18H,12-14H2,1H3. The zero-order chi connectivity index (χ0) is 14.7. The SMILES string of the molecule is CN1CCC(C(=O)c2ccccc2)C(c2ccccc2)C1. The number of likely N-dealkylation sites (tertiary alicyclic amines) is 1. The van der Waals surface area contributed by atoms with Crippen LogP contribution in [0.15, 0.2) is 60.7 Å². The van der Waals surface area contributed by atoms with E-state index in [0.717, 1.165) is 25.1 Å². The molecule has 108 valence electrons. The van der Waals surface area contributed by atoms with Crippen LogP contribution in [0.2, 0.25) is 0 Å². The van der Waals surface area contributed by atoms with Gasteiger partial charge < -0.3 is 4.90 Å². The van der Waals surface area contributed by atoms with Crippen LogP contribution in [0.5, 0.6) is 0 Å². The fourth-order valence-corrected chi connectivity index (χ4v) is 3.28. The maximum absolute atomic E-state index is 12.9. The Morgan fingerprint density at radius 1 is 1.00 bits per heavy atom. The van der Waals surface area contributed by atoms with Gasteiger partial charge >= 0.3 is 0 Å². The second kappa shape index (κ2) is 6.23. The van der Waals surface area contributed by atoms with Crippen molar-refractivity contribution in [2.75, 3.05) is 20.1 Å². The van der Waals surface area contributed by atoms with Gasteiger partial charge in [-0.25, -0.2) is 0 Å². The summed E-state index contributed by atoms with van der Waals surface area (Å²) in [5.74, 6) is 0.668. The smallest absolute Gasteiger partial charge is 0.166 e. The van der Waals surface area contributed by atoms with Gasteiger partial charge in [0.15, 0.2) is 5.78 Å². The summed E-state index contributed by atoms with van der Waals surface area (Å²) >= 11 is 0. The number of likely N-dealkylation sites (N-methyl/N-ethyl adjacent to an activating group) is 1. The van der Waals surface area contributed by atoms with Crippen molar-refractivity contribution in [1.29, 1.82) is 0 Å². The van der Waals surface area contributed by atoms with Crippen molar-refractivity contribution in [3.8, 4) is 0 Å². The molecule has 2 unspecified atom stereocenters. The van der Waals surface area contributed by atoms with E-state index in [1.165, 1.54) is 5.56 Å². The Morgan fingerprint density at radius 3 is 2.29 bits per heavy atom. The van der Waals surface area contributed by atoms with Crippen LogP contribution >= 0.6 is 0 Å². The molecule has 0 radical (unpaired) electrons. The van der Waals surface area contributed by atoms with Gasteiger partial charge in [-0.1, -0.05) is 60.7 Å². The average Bonchev–Trinajstić information content (AvgIpc) is 2.56. The van der Waals surface area contributed by atoms with Gasteiger partial charge in [0.2, 0.25) is 0 Å². The van der Waals surface area contributed by atoms with Crippen molar-refractivity contribution >= 4 is 5.78 Å². The topological polar surface area (TPSA) is 20.3 Å². The Hall–Kier alpha value is -1.93. The molecule has 0 bridgehead atoms. The zero-order valence-corrected chi connectivity index (χ0v) is 12.4. The lowest BCUT2D eigenvalue weighted by Gasteiger charge is -2.36. The Labute approximate surface area is 126 Å². The van der Waals surface area contributed by atoms with Gasteiger partial charge in [-0.2, -0.15) is 0 Å². The molecule has 2 atom stereocenters. The Balaban J connectivity index is 1.90. The van der Waals surface area contributed by atoms with Crippen molar-refractivity contribution in [3.63, 3.8) is 0 Å². The number of hydrogen-bond donors (Lipinski definition) is 0. The van der Waals surface area contributed by atoms with E-state index >= 15 is 0 Å². The highest BCUT2D eigenvalue weighted by Crippen LogP contribution is 2.34. The molecule has 0 spiro atoms. The molecular formula is C19H21NO. The van der Waals surface area contributed by atoms with E-state index in [2.05, 4.69) is 36.2 Å². The minimum Gasteiger partial charge on any atom is -0.306 e. The predicted octanol–water partition coefficient (Wildman–Crippen LogP) is 3.60. The third-order valence-electron chi connectivity index (χ3n) is 4.44. The summed E-state index contributed by atoms with van der Waals surface area (Å²) in [6.07, 6.45) is 0.934. The summed E-state index contributed by atoms with van der Waals surface area (Å²) in [5.41, 5.74) is 2.12. The van der Waals surface area contributed by atoms with Gasteiger partial charge in [0.05, 0.1) is 0 Å². The van der Waals surface area contributed by atoms with Crippen molar-refractivity contribution in [2.45, 2.75) is 12.3 Å². The lowest BCUT2D eigenvalue weighted by Crippen LogP contribution is -2.40. The number of piperidine rings is 1. The van der Waals surface area contributed by atoms with Gasteiger partial charge in [-0.15, -0.1) is 0 Å². The largest absolute Gasteiger partial charge is 0.306 e. The molecule has 1 aliphatic heterocycles. The van der Waals surface area contributed by atoms with E-state index < -0.39 is 0 Å². The Bertz CT molecular complexity index is 593. The molecule has 0 saturated carbocycles. The maximum atomic E-state index is 12.9. The van der Waals surface area contributed by atoms with Crippen molar-refractivity contribution in [2.24, 2.45) is 5.92 Å². The molecule has 1 aliphatic rings. The molecule has 2 aromatic rings. The molecule has 0 aliphatic carbocycles. The Kier molecular flexibility index (Phi) is 4.16. The highest BCUT2D eigenvalue weighted by atomic mass is 16.1. The van der Waals surface area contributed by atoms with Crippen LogP contribution in [-0.2, 0) is 0 Å². The third kappa shape index (κ3) is 3.06. The molecule has 0 N–H and O–H groups in total. The first-order chi connectivity index (χ1) is 10.3. The molecule has 0 amide bonds. The van der Waals surface area contributed by atoms with E-state index in [4.69, 9.17) is 0 Å². The van der Waals surface area contributed by atoms with E-state index in [-0.39, 0.29) is 17.6 Å². The summed E-state index contributed by atoms with van der Waals surface area (Å²) in [5, 5.41) is 0. The number of benzene rings is 2. The number of rotatable bonds is 3. The van der Waals surface area contributed by atoms with Crippen LogP contribution in [0.1, 0.15) is 28.3 Å². The van der Waals surface area contributed by atoms with Gasteiger partial charge in [0, 0.05) is 23.9 Å². The molecule has 1 saturated heterocycles. The fourth-order valence-electron chi connectivity index (χ4n) is 3.28. The number of nitrogens with zero attached hydrogens (tertiary/aromatic N) is 1. The number of hydrogen-bond acceptors (Lipinski definition) is 2. The number of ketones is 1. The van der Waals surface area contributed by atoms with Crippen LogP contribution < -0.4 is 0 Å². The number of carbonyl (C=O) groups is 1. The number of Topliss-reactive ketones (excluding diaryl/α,β-unsaturated/α-hetero) is 1. The molecular weight excluding hydrogens is 258 g/mol. The average molecular weight is 279 g/mol. The lowest BCUT2D eigenvalue weighted by atomic mass is 9.77. The van der Waals surface area contributed by atoms with E-state index in [1.807, 2.05) is 36.4 Å². The first-order valence-corrected chi connectivity index (χ1v) is 7.58. The summed E-state index contributed by atoms with van der Waals surface area (Å²) in [6, 6.07) is 20.2. The molecule has 2 nitrogen and oxygen atoms in total. The Morgan fingerprint density at radius 2 is 1.62 bits per heavy atom. The van der Waals surface area contributed by atoms with Gasteiger partial charge in [-0.3, -0.25) is 4.79 Å². The van der Waals surface area contributed by atoms with Gasteiger partial charge in [0.25, 0.3) is 0 Å². The van der Waals surface area contributed by atoms with E-state index in [0.29, 0.717) is 0 Å². The summed E-state index contributed by atoms with van der Waals surface area (Å²) in [6.45, 7) is 1.94. The minimum absolute atomic E-state index is 0.0889. The van der Waals surface area contributed by atoms with Crippen molar-refractivity contribution in [1.82, 2.24) is 4.90 Å². The first-order valence-electron chi connectivity index (χ1n) is 7.58. The summed E-state index contributed by atoms with van der Waals surface area (Å²) in [4.78, 5) is 15.2. The van der Waals surface area contributed by atoms with Crippen LogP contribution in [0.3, 0.4) is 0 Å². The molecule has 1 heterocycles. The van der Waals surface area contributed by atoms with Crippen LogP contribution in [0.25, 0.3) is 0 Å². The maximum Gasteiger partial charge on any atom is 0.166 e. The van der Waals surface area contributed by atoms with Crippen LogP contribution in [-0.4, -0.2) is 30.8 Å². The predicted molar refractivity (Wildman–Crippen MR) is 85.6 cm³/mol. The van der Waals surface area contributed by atoms with Crippen LogP contribution in [0.4, 0.5) is 0 Å². The summed E-state index contributed by atoms with van der Waals surface area (Å²) < 4.78 is 0. The van der Waals surface area contributed by atoms with Gasteiger partial charge in [0.1, 0.15) is 0 Å². The molecule has 2 heteroatoms. The van der Waals surface area contributed by atoms with Crippen molar-refractivity contribution in [3.05, 3.63) is 71.8 Å². The number of carbonyl (C=O) groups excluding carboxylic acids is 1. The normalized spacial score (nSPS) is 22.9. The van der Waals surface area contributed by atoms with E-state index in [9.17, 15) is 4.79 Å². The fraction of sp³-hybridized carbons (Fsp3) is 0.316. The molecule has 0 aromatic heterocycles. The molecule has 2 aromatic carbocycles. The second-order valence-corrected chi connectivity index (χ2v) is 5.90. The highest BCUT2D eigenvalue weighted by molar-refractivity contribution is 5.98. The molecule has 1 fully saturated rings. The van der Waals surface area contributed by atoms with Gasteiger partial charge in [-0.05, 0) is 25.6 Å². The monoisotopic (exact) mass is 279 g/mol. The minimum atomic E-state index is 0.0889. The summed E-state index contributed by atoms with van der Waals surface area (Å²) in [7, 11) is 2.14. The van der Waals surface area contributed by atoms with Crippen molar-refractivity contribution < 1.29 is 4.79 Å². The highest BCUT2D eigenvalue weighted by Gasteiger charge is 2.34. The molecule has 3 rings (SSSR count). The molecule has 21 heavy (non-hydrogen) atoms. The van der Waals surface area contributed by atoms with E-state index in [1.54, 1.807) is 0 Å². The van der Waals surface area contributed by atoms with Crippen LogP contribution in [0, 0.1) is 5.92 Å². The third-order valence-corrected chi connectivity index (χ3v) is 4.44. The lowest BCUT2D eigenvalue weighted by molar-refractivity contribution is 0.0822. The second-order valence-electron chi connectivity index (χ2n) is 5.90.